The standard InChI is InChI=1S/C13H22N2O3S2/c1-10(2)14-8-12-4-5-13(18-12)20(16,17)15-6-7-19-9-11(15)3/h4-5,10-11,14H,6-9H2,1-3H3. The van der Waals surface area contributed by atoms with Gasteiger partial charge < -0.3 is 9.73 Å². The number of hydrogen-bond donors (Lipinski definition) is 1. The molecule has 1 unspecified atom stereocenters. The third-order valence-corrected chi connectivity index (χ3v) is 6.27. The zero-order chi connectivity index (χ0) is 14.8. The first-order chi connectivity index (χ1) is 9.41. The maximum absolute atomic E-state index is 12.6. The lowest BCUT2D eigenvalue weighted by molar-refractivity contribution is 0.337. The van der Waals surface area contributed by atoms with Crippen molar-refractivity contribution in [1.29, 1.82) is 0 Å². The first-order valence-corrected chi connectivity index (χ1v) is 9.42. The van der Waals surface area contributed by atoms with Crippen LogP contribution in [0.15, 0.2) is 21.6 Å². The zero-order valence-electron chi connectivity index (χ0n) is 12.1. The monoisotopic (exact) mass is 318 g/mol. The molecule has 2 rings (SSSR count). The second-order valence-electron chi connectivity index (χ2n) is 5.30. The lowest BCUT2D eigenvalue weighted by atomic mass is 10.3. The van der Waals surface area contributed by atoms with Gasteiger partial charge in [-0.25, -0.2) is 8.42 Å². The summed E-state index contributed by atoms with van der Waals surface area (Å²) in [5.41, 5.74) is 0. The topological polar surface area (TPSA) is 62.6 Å². The molecule has 0 saturated carbocycles. The molecule has 20 heavy (non-hydrogen) atoms. The number of nitrogens with zero attached hydrogens (tertiary/aromatic N) is 1. The van der Waals surface area contributed by atoms with Crippen LogP contribution in [0.25, 0.3) is 0 Å². The molecule has 1 fully saturated rings. The van der Waals surface area contributed by atoms with Gasteiger partial charge in [0.05, 0.1) is 6.54 Å². The summed E-state index contributed by atoms with van der Waals surface area (Å²) in [6, 6.07) is 3.63. The highest BCUT2D eigenvalue weighted by Gasteiger charge is 2.33. The van der Waals surface area contributed by atoms with Gasteiger partial charge in [0, 0.05) is 30.1 Å². The zero-order valence-corrected chi connectivity index (χ0v) is 13.8. The van der Waals surface area contributed by atoms with E-state index >= 15 is 0 Å². The van der Waals surface area contributed by atoms with Gasteiger partial charge >= 0.3 is 0 Å². The fourth-order valence-electron chi connectivity index (χ4n) is 2.08. The van der Waals surface area contributed by atoms with Crippen molar-refractivity contribution in [2.24, 2.45) is 0 Å². The molecule has 1 N–H and O–H groups in total. The number of hydrogen-bond acceptors (Lipinski definition) is 5. The van der Waals surface area contributed by atoms with Gasteiger partial charge in [0.2, 0.25) is 5.09 Å². The van der Waals surface area contributed by atoms with Crippen LogP contribution >= 0.6 is 11.8 Å². The molecule has 0 spiro atoms. The molecule has 114 valence electrons. The van der Waals surface area contributed by atoms with Crippen molar-refractivity contribution in [2.75, 3.05) is 18.1 Å². The first-order valence-electron chi connectivity index (χ1n) is 6.83. The summed E-state index contributed by atoms with van der Waals surface area (Å²) in [7, 11) is -3.50. The summed E-state index contributed by atoms with van der Waals surface area (Å²) >= 11 is 1.79. The van der Waals surface area contributed by atoms with Gasteiger partial charge in [-0.3, -0.25) is 0 Å². The Morgan fingerprint density at radius 2 is 2.25 bits per heavy atom. The molecular formula is C13H22N2O3S2. The molecule has 1 saturated heterocycles. The van der Waals surface area contributed by atoms with E-state index in [2.05, 4.69) is 5.32 Å². The van der Waals surface area contributed by atoms with Gasteiger partial charge in [-0.1, -0.05) is 13.8 Å². The van der Waals surface area contributed by atoms with E-state index in [4.69, 9.17) is 4.42 Å². The second-order valence-corrected chi connectivity index (χ2v) is 8.27. The van der Waals surface area contributed by atoms with Crippen LogP contribution in [-0.4, -0.2) is 42.9 Å². The van der Waals surface area contributed by atoms with E-state index in [-0.39, 0.29) is 11.1 Å². The van der Waals surface area contributed by atoms with Crippen molar-refractivity contribution in [1.82, 2.24) is 9.62 Å². The normalized spacial score (nSPS) is 21.5. The van der Waals surface area contributed by atoms with Crippen molar-refractivity contribution in [3.05, 3.63) is 17.9 Å². The van der Waals surface area contributed by atoms with E-state index in [9.17, 15) is 8.42 Å². The lowest BCUT2D eigenvalue weighted by Gasteiger charge is -2.30. The van der Waals surface area contributed by atoms with Crippen molar-refractivity contribution in [2.45, 2.75) is 44.5 Å². The Balaban J connectivity index is 2.13. The van der Waals surface area contributed by atoms with Gasteiger partial charge in [0.25, 0.3) is 10.0 Å². The smallest absolute Gasteiger partial charge is 0.276 e. The van der Waals surface area contributed by atoms with E-state index in [1.54, 1.807) is 28.2 Å². The molecule has 2 heterocycles. The highest BCUT2D eigenvalue weighted by Crippen LogP contribution is 2.25. The molecule has 1 aromatic heterocycles. The SMILES string of the molecule is CC(C)NCc1ccc(S(=O)(=O)N2CCSCC2C)o1. The summed E-state index contributed by atoms with van der Waals surface area (Å²) < 4.78 is 32.1. The largest absolute Gasteiger partial charge is 0.447 e. The molecule has 5 nitrogen and oxygen atoms in total. The molecule has 0 radical (unpaired) electrons. The van der Waals surface area contributed by atoms with E-state index in [1.807, 2.05) is 20.8 Å². The van der Waals surface area contributed by atoms with Crippen molar-refractivity contribution in [3.8, 4) is 0 Å². The van der Waals surface area contributed by atoms with Crippen LogP contribution in [-0.2, 0) is 16.6 Å². The Kier molecular flexibility index (Phi) is 5.17. The quantitative estimate of drug-likeness (QED) is 0.898. The van der Waals surface area contributed by atoms with Crippen molar-refractivity contribution < 1.29 is 12.8 Å². The highest BCUT2D eigenvalue weighted by molar-refractivity contribution is 7.99. The number of nitrogens with one attached hydrogen (secondary N) is 1. The van der Waals surface area contributed by atoms with E-state index in [0.29, 0.717) is 24.9 Å². The Hall–Kier alpha value is -0.500. The lowest BCUT2D eigenvalue weighted by Crippen LogP contribution is -2.44. The molecule has 1 aliphatic heterocycles. The van der Waals surface area contributed by atoms with Gasteiger partial charge in [-0.2, -0.15) is 16.1 Å². The molecule has 0 aromatic carbocycles. The highest BCUT2D eigenvalue weighted by atomic mass is 32.2. The van der Waals surface area contributed by atoms with Crippen molar-refractivity contribution >= 4 is 21.8 Å². The Morgan fingerprint density at radius 3 is 2.90 bits per heavy atom. The predicted molar refractivity (Wildman–Crippen MR) is 81.4 cm³/mol. The summed E-state index contributed by atoms with van der Waals surface area (Å²) in [5.74, 6) is 2.32. The van der Waals surface area contributed by atoms with Crippen LogP contribution in [0.4, 0.5) is 0 Å². The van der Waals surface area contributed by atoms with Crippen LogP contribution < -0.4 is 5.32 Å². The Morgan fingerprint density at radius 1 is 1.50 bits per heavy atom. The van der Waals surface area contributed by atoms with E-state index in [0.717, 1.165) is 11.5 Å². The average molecular weight is 318 g/mol. The third-order valence-electron chi connectivity index (χ3n) is 3.19. The van der Waals surface area contributed by atoms with Crippen LogP contribution in [0.2, 0.25) is 0 Å². The number of rotatable bonds is 5. The molecule has 1 aromatic rings. The van der Waals surface area contributed by atoms with Gasteiger partial charge in [0.1, 0.15) is 5.76 Å². The molecule has 1 aliphatic rings. The van der Waals surface area contributed by atoms with Crippen molar-refractivity contribution in [3.63, 3.8) is 0 Å². The summed E-state index contributed by atoms with van der Waals surface area (Å²) in [6.07, 6.45) is 0. The molecule has 0 amide bonds. The minimum Gasteiger partial charge on any atom is -0.447 e. The fraction of sp³-hybridized carbons (Fsp3) is 0.692. The van der Waals surface area contributed by atoms with Crippen LogP contribution in [0, 0.1) is 0 Å². The Bertz CT molecular complexity index is 540. The van der Waals surface area contributed by atoms with Crippen LogP contribution in [0.3, 0.4) is 0 Å². The summed E-state index contributed by atoms with van der Waals surface area (Å²) in [5, 5.41) is 3.26. The number of thioether (sulfide) groups is 1. The number of sulfonamides is 1. The molecule has 0 aliphatic carbocycles. The van der Waals surface area contributed by atoms with Crippen LogP contribution in [0.5, 0.6) is 0 Å². The van der Waals surface area contributed by atoms with E-state index < -0.39 is 10.0 Å². The van der Waals surface area contributed by atoms with Gasteiger partial charge in [0.15, 0.2) is 0 Å². The van der Waals surface area contributed by atoms with Crippen LogP contribution in [0.1, 0.15) is 26.5 Å². The average Bonchev–Trinajstić information content (AvgIpc) is 2.86. The fourth-order valence-corrected chi connectivity index (χ4v) is 4.87. The first kappa shape index (κ1) is 15.9. The molecule has 0 bridgehead atoms. The van der Waals surface area contributed by atoms with Gasteiger partial charge in [-0.05, 0) is 19.1 Å². The second kappa shape index (κ2) is 6.51. The minimum absolute atomic E-state index is 0.0149. The maximum Gasteiger partial charge on any atom is 0.276 e. The Labute approximate surface area is 125 Å². The number of furan rings is 1. The maximum atomic E-state index is 12.6. The molecule has 7 heteroatoms. The third kappa shape index (κ3) is 3.58. The summed E-state index contributed by atoms with van der Waals surface area (Å²) in [6.45, 7) is 7.10. The molecule has 1 atom stereocenters. The molecular weight excluding hydrogens is 296 g/mol. The van der Waals surface area contributed by atoms with E-state index in [1.165, 1.54) is 0 Å². The van der Waals surface area contributed by atoms with Gasteiger partial charge in [-0.15, -0.1) is 0 Å². The predicted octanol–water partition coefficient (Wildman–Crippen LogP) is 1.90. The minimum atomic E-state index is -3.50. The summed E-state index contributed by atoms with van der Waals surface area (Å²) in [4.78, 5) is 0.